The van der Waals surface area contributed by atoms with Crippen molar-refractivity contribution in [1.29, 1.82) is 0 Å². The first-order chi connectivity index (χ1) is 10.1. The number of methoxy groups -OCH3 is 1. The van der Waals surface area contributed by atoms with E-state index in [0.717, 1.165) is 16.9 Å². The second-order valence-corrected chi connectivity index (χ2v) is 5.10. The van der Waals surface area contributed by atoms with Crippen LogP contribution in [0.3, 0.4) is 0 Å². The molecule has 0 aliphatic heterocycles. The van der Waals surface area contributed by atoms with Crippen molar-refractivity contribution in [2.24, 2.45) is 0 Å². The molecule has 120 valence electrons. The zero-order valence-corrected chi connectivity index (χ0v) is 13.2. The van der Waals surface area contributed by atoms with Gasteiger partial charge in [0.25, 0.3) is 0 Å². The summed E-state index contributed by atoms with van der Waals surface area (Å²) in [7, 11) is 1.65. The van der Waals surface area contributed by atoms with Crippen LogP contribution in [0.4, 0.5) is 0 Å². The molecule has 0 fully saturated rings. The lowest BCUT2D eigenvalue weighted by Crippen LogP contribution is -2.33. The predicted molar refractivity (Wildman–Crippen MR) is 83.0 cm³/mol. The van der Waals surface area contributed by atoms with E-state index in [1.807, 2.05) is 26.0 Å². The SMILES string of the molecule is COCCOCCNCC(O)COc1cc(C)cc(C)c1. The number of nitrogens with one attached hydrogen (secondary N) is 1. The van der Waals surface area contributed by atoms with Crippen molar-refractivity contribution in [2.45, 2.75) is 20.0 Å². The Hall–Kier alpha value is -1.14. The first-order valence-corrected chi connectivity index (χ1v) is 7.28. The van der Waals surface area contributed by atoms with Crippen LogP contribution in [0.15, 0.2) is 18.2 Å². The second kappa shape index (κ2) is 10.6. The lowest BCUT2D eigenvalue weighted by atomic mass is 10.1. The topological polar surface area (TPSA) is 60.0 Å². The number of rotatable bonds is 11. The highest BCUT2D eigenvalue weighted by Gasteiger charge is 2.05. The normalized spacial score (nSPS) is 12.4. The van der Waals surface area contributed by atoms with Crippen LogP contribution in [0.1, 0.15) is 11.1 Å². The van der Waals surface area contributed by atoms with Crippen LogP contribution >= 0.6 is 0 Å². The Morgan fingerprint density at radius 1 is 1.10 bits per heavy atom. The minimum Gasteiger partial charge on any atom is -0.491 e. The molecule has 0 aliphatic carbocycles. The number of hydrogen-bond donors (Lipinski definition) is 2. The maximum atomic E-state index is 9.84. The van der Waals surface area contributed by atoms with Crippen LogP contribution in [0, 0.1) is 13.8 Å². The molecule has 5 heteroatoms. The predicted octanol–water partition coefficient (Wildman–Crippen LogP) is 1.30. The van der Waals surface area contributed by atoms with Crippen LogP contribution in [-0.4, -0.2) is 57.8 Å². The van der Waals surface area contributed by atoms with Gasteiger partial charge in [0.05, 0.1) is 19.8 Å². The maximum Gasteiger partial charge on any atom is 0.119 e. The third-order valence-electron chi connectivity index (χ3n) is 2.87. The van der Waals surface area contributed by atoms with Gasteiger partial charge >= 0.3 is 0 Å². The Bertz CT molecular complexity index is 378. The monoisotopic (exact) mass is 297 g/mol. The molecule has 1 unspecified atom stereocenters. The summed E-state index contributed by atoms with van der Waals surface area (Å²) in [4.78, 5) is 0. The maximum absolute atomic E-state index is 9.84. The summed E-state index contributed by atoms with van der Waals surface area (Å²) in [6.45, 7) is 7.32. The molecule has 2 N–H and O–H groups in total. The van der Waals surface area contributed by atoms with Crippen LogP contribution < -0.4 is 10.1 Å². The summed E-state index contributed by atoms with van der Waals surface area (Å²) in [5.74, 6) is 0.800. The van der Waals surface area contributed by atoms with Crippen molar-refractivity contribution >= 4 is 0 Å². The zero-order chi connectivity index (χ0) is 15.5. The highest BCUT2D eigenvalue weighted by atomic mass is 16.5. The summed E-state index contributed by atoms with van der Waals surface area (Å²) in [6, 6.07) is 6.03. The molecule has 0 saturated heterocycles. The lowest BCUT2D eigenvalue weighted by molar-refractivity contribution is 0.0679. The van der Waals surface area contributed by atoms with Gasteiger partial charge < -0.3 is 24.6 Å². The average Bonchev–Trinajstić information content (AvgIpc) is 2.43. The number of aryl methyl sites for hydroxylation is 2. The molecule has 0 spiro atoms. The van der Waals surface area contributed by atoms with Gasteiger partial charge in [0.2, 0.25) is 0 Å². The van der Waals surface area contributed by atoms with Crippen LogP contribution in [0.2, 0.25) is 0 Å². The van der Waals surface area contributed by atoms with Crippen molar-refractivity contribution in [3.05, 3.63) is 29.3 Å². The molecule has 21 heavy (non-hydrogen) atoms. The smallest absolute Gasteiger partial charge is 0.119 e. The van der Waals surface area contributed by atoms with Gasteiger partial charge in [0, 0.05) is 20.2 Å². The third-order valence-corrected chi connectivity index (χ3v) is 2.87. The van der Waals surface area contributed by atoms with E-state index < -0.39 is 6.10 Å². The largest absolute Gasteiger partial charge is 0.491 e. The molecule has 1 atom stereocenters. The molecule has 0 saturated carbocycles. The molecular formula is C16H27NO4. The molecule has 1 aromatic carbocycles. The summed E-state index contributed by atoms with van der Waals surface area (Å²) in [5, 5.41) is 13.0. The number of ether oxygens (including phenoxy) is 3. The van der Waals surface area contributed by atoms with E-state index in [2.05, 4.69) is 11.4 Å². The fourth-order valence-electron chi connectivity index (χ4n) is 1.92. The Morgan fingerprint density at radius 2 is 1.81 bits per heavy atom. The van der Waals surface area contributed by atoms with Crippen molar-refractivity contribution < 1.29 is 19.3 Å². The van der Waals surface area contributed by atoms with Crippen molar-refractivity contribution in [3.8, 4) is 5.75 Å². The van der Waals surface area contributed by atoms with E-state index in [-0.39, 0.29) is 6.61 Å². The molecule has 0 aromatic heterocycles. The first kappa shape index (κ1) is 17.9. The molecular weight excluding hydrogens is 270 g/mol. The number of hydrogen-bond acceptors (Lipinski definition) is 5. The standard InChI is InChI=1S/C16H27NO4/c1-13-8-14(2)10-16(9-13)21-12-15(18)11-17-4-5-20-7-6-19-3/h8-10,15,17-18H,4-7,11-12H2,1-3H3. The Kier molecular flexibility index (Phi) is 9.01. The molecule has 0 bridgehead atoms. The number of benzene rings is 1. The highest BCUT2D eigenvalue weighted by molar-refractivity contribution is 5.32. The van der Waals surface area contributed by atoms with Gasteiger partial charge in [-0.1, -0.05) is 6.07 Å². The fraction of sp³-hybridized carbons (Fsp3) is 0.625. The lowest BCUT2D eigenvalue weighted by Gasteiger charge is -2.14. The Labute approximate surface area is 127 Å². The van der Waals surface area contributed by atoms with E-state index in [1.165, 1.54) is 0 Å². The Morgan fingerprint density at radius 3 is 2.48 bits per heavy atom. The first-order valence-electron chi connectivity index (χ1n) is 7.28. The van der Waals surface area contributed by atoms with Gasteiger partial charge in [-0.15, -0.1) is 0 Å². The molecule has 1 aromatic rings. The minimum atomic E-state index is -0.537. The number of aliphatic hydroxyl groups is 1. The van der Waals surface area contributed by atoms with Gasteiger partial charge in [0.1, 0.15) is 18.5 Å². The van der Waals surface area contributed by atoms with E-state index >= 15 is 0 Å². The van der Waals surface area contributed by atoms with E-state index in [9.17, 15) is 5.11 Å². The van der Waals surface area contributed by atoms with E-state index in [4.69, 9.17) is 14.2 Å². The summed E-state index contributed by atoms with van der Waals surface area (Å²) in [6.07, 6.45) is -0.537. The molecule has 5 nitrogen and oxygen atoms in total. The quantitative estimate of drug-likeness (QED) is 0.603. The van der Waals surface area contributed by atoms with Gasteiger partial charge in [0.15, 0.2) is 0 Å². The molecule has 0 amide bonds. The van der Waals surface area contributed by atoms with E-state index in [0.29, 0.717) is 32.9 Å². The van der Waals surface area contributed by atoms with Gasteiger partial charge in [-0.3, -0.25) is 0 Å². The average molecular weight is 297 g/mol. The molecule has 1 rings (SSSR count). The molecule has 0 heterocycles. The molecule has 0 radical (unpaired) electrons. The number of aliphatic hydroxyl groups excluding tert-OH is 1. The highest BCUT2D eigenvalue weighted by Crippen LogP contribution is 2.16. The van der Waals surface area contributed by atoms with Crippen molar-refractivity contribution in [1.82, 2.24) is 5.32 Å². The summed E-state index contributed by atoms with van der Waals surface area (Å²) >= 11 is 0. The van der Waals surface area contributed by atoms with Crippen LogP contribution in [0.5, 0.6) is 5.75 Å². The van der Waals surface area contributed by atoms with Gasteiger partial charge in [-0.05, 0) is 37.1 Å². The second-order valence-electron chi connectivity index (χ2n) is 5.10. The fourth-order valence-corrected chi connectivity index (χ4v) is 1.92. The van der Waals surface area contributed by atoms with Crippen molar-refractivity contribution in [2.75, 3.05) is 46.6 Å². The summed E-state index contributed by atoms with van der Waals surface area (Å²) < 4.78 is 15.8. The van der Waals surface area contributed by atoms with Crippen LogP contribution in [0.25, 0.3) is 0 Å². The van der Waals surface area contributed by atoms with Gasteiger partial charge in [-0.2, -0.15) is 0 Å². The Balaban J connectivity index is 2.09. The minimum absolute atomic E-state index is 0.278. The van der Waals surface area contributed by atoms with Crippen LogP contribution in [-0.2, 0) is 9.47 Å². The van der Waals surface area contributed by atoms with Gasteiger partial charge in [-0.25, -0.2) is 0 Å². The third kappa shape index (κ3) is 8.67. The molecule has 0 aliphatic rings. The van der Waals surface area contributed by atoms with E-state index in [1.54, 1.807) is 7.11 Å². The zero-order valence-electron chi connectivity index (χ0n) is 13.2. The summed E-state index contributed by atoms with van der Waals surface area (Å²) in [5.41, 5.74) is 2.32. The van der Waals surface area contributed by atoms with Crippen molar-refractivity contribution in [3.63, 3.8) is 0 Å².